The monoisotopic (exact) mass is 476 g/mol. The fraction of sp³-hybridized carbons (Fsp3) is 0.296. The van der Waals surface area contributed by atoms with Crippen LogP contribution in [0.4, 0.5) is 8.78 Å². The third-order valence-corrected chi connectivity index (χ3v) is 6.43. The lowest BCUT2D eigenvalue weighted by Crippen LogP contribution is -2.24. The molecule has 0 saturated heterocycles. The van der Waals surface area contributed by atoms with E-state index < -0.39 is 17.2 Å². The van der Waals surface area contributed by atoms with E-state index in [1.807, 2.05) is 20.0 Å². The molecule has 2 aromatic heterocycles. The molecule has 0 aliphatic carbocycles. The quantitative estimate of drug-likeness (QED) is 0.422. The molecule has 180 valence electrons. The highest BCUT2D eigenvalue weighted by Crippen LogP contribution is 2.36. The van der Waals surface area contributed by atoms with Gasteiger partial charge in [0.05, 0.1) is 35.5 Å². The van der Waals surface area contributed by atoms with Crippen LogP contribution in [-0.2, 0) is 18.7 Å². The van der Waals surface area contributed by atoms with Crippen molar-refractivity contribution in [2.75, 3.05) is 0 Å². The Morgan fingerprint density at radius 3 is 2.46 bits per heavy atom. The maximum Gasteiger partial charge on any atom is 0.256 e. The second-order valence-electron chi connectivity index (χ2n) is 9.76. The van der Waals surface area contributed by atoms with E-state index in [-0.39, 0.29) is 30.6 Å². The van der Waals surface area contributed by atoms with Crippen molar-refractivity contribution >= 4 is 16.8 Å². The molecule has 4 aromatic rings. The molecule has 0 spiro atoms. The first-order valence-electron chi connectivity index (χ1n) is 11.5. The average Bonchev–Trinajstić information content (AvgIpc) is 3.37. The van der Waals surface area contributed by atoms with Gasteiger partial charge in [-0.2, -0.15) is 5.10 Å². The molecule has 1 aliphatic heterocycles. The van der Waals surface area contributed by atoms with Gasteiger partial charge in [0, 0.05) is 34.9 Å². The summed E-state index contributed by atoms with van der Waals surface area (Å²) in [5, 5.41) is 16.0. The van der Waals surface area contributed by atoms with E-state index in [1.165, 1.54) is 17.0 Å². The Morgan fingerprint density at radius 1 is 1.11 bits per heavy atom. The summed E-state index contributed by atoms with van der Waals surface area (Å²) < 4.78 is 32.3. The lowest BCUT2D eigenvalue weighted by Gasteiger charge is -2.20. The number of carbonyl (C=O) groups is 1. The van der Waals surface area contributed by atoms with Crippen molar-refractivity contribution in [1.29, 1.82) is 0 Å². The smallest absolute Gasteiger partial charge is 0.256 e. The van der Waals surface area contributed by atoms with Crippen molar-refractivity contribution in [3.05, 3.63) is 82.8 Å². The van der Waals surface area contributed by atoms with E-state index in [0.29, 0.717) is 38.9 Å². The van der Waals surface area contributed by atoms with Crippen molar-refractivity contribution < 1.29 is 18.7 Å². The van der Waals surface area contributed by atoms with Crippen LogP contribution in [0.2, 0.25) is 0 Å². The number of benzene rings is 2. The number of aromatic nitrogens is 3. The predicted molar refractivity (Wildman–Crippen MR) is 129 cm³/mol. The first-order chi connectivity index (χ1) is 16.5. The molecular formula is C27H26F2N4O2. The highest BCUT2D eigenvalue weighted by atomic mass is 19.1. The van der Waals surface area contributed by atoms with Gasteiger partial charge >= 0.3 is 0 Å². The van der Waals surface area contributed by atoms with E-state index in [2.05, 4.69) is 10.1 Å². The van der Waals surface area contributed by atoms with Gasteiger partial charge in [-0.25, -0.2) is 8.78 Å². The number of halogens is 2. The van der Waals surface area contributed by atoms with Gasteiger partial charge in [-0.1, -0.05) is 12.1 Å². The number of aliphatic hydroxyl groups is 1. The molecule has 35 heavy (non-hydrogen) atoms. The Bertz CT molecular complexity index is 1450. The molecule has 0 fully saturated rings. The lowest BCUT2D eigenvalue weighted by atomic mass is 9.91. The summed E-state index contributed by atoms with van der Waals surface area (Å²) in [4.78, 5) is 18.2. The Labute approximate surface area is 201 Å². The molecule has 1 aliphatic rings. The zero-order chi connectivity index (χ0) is 25.1. The fourth-order valence-electron chi connectivity index (χ4n) is 4.54. The summed E-state index contributed by atoms with van der Waals surface area (Å²) in [5.41, 5.74) is 1.94. The third kappa shape index (κ3) is 3.97. The van der Waals surface area contributed by atoms with E-state index in [4.69, 9.17) is 0 Å². The third-order valence-electron chi connectivity index (χ3n) is 6.43. The molecule has 3 heterocycles. The normalized spacial score (nSPS) is 13.8. The Hall–Kier alpha value is -3.65. The second-order valence-corrected chi connectivity index (χ2v) is 9.76. The zero-order valence-corrected chi connectivity index (χ0v) is 20.0. The minimum absolute atomic E-state index is 0.0670. The Morgan fingerprint density at radius 2 is 1.83 bits per heavy atom. The summed E-state index contributed by atoms with van der Waals surface area (Å²) in [7, 11) is 0. The highest BCUT2D eigenvalue weighted by molar-refractivity contribution is 5.98. The van der Waals surface area contributed by atoms with E-state index >= 15 is 8.78 Å². The van der Waals surface area contributed by atoms with Crippen LogP contribution in [-0.4, -0.2) is 30.7 Å². The van der Waals surface area contributed by atoms with Gasteiger partial charge in [-0.15, -0.1) is 0 Å². The number of fused-ring (bicyclic) bond motifs is 2. The molecule has 0 bridgehead atoms. The molecule has 2 aromatic carbocycles. The van der Waals surface area contributed by atoms with Gasteiger partial charge in [0.25, 0.3) is 5.91 Å². The first-order valence-corrected chi connectivity index (χ1v) is 11.5. The zero-order valence-electron chi connectivity index (χ0n) is 20.0. The molecule has 5 rings (SSSR count). The number of amides is 1. The van der Waals surface area contributed by atoms with Crippen LogP contribution >= 0.6 is 0 Å². The van der Waals surface area contributed by atoms with E-state index in [1.54, 1.807) is 49.0 Å². The number of carbonyl (C=O) groups excluding carboxylic acids is 1. The van der Waals surface area contributed by atoms with Crippen molar-refractivity contribution in [2.45, 2.75) is 52.4 Å². The second kappa shape index (κ2) is 8.23. The molecule has 6 nitrogen and oxygen atoms in total. The van der Waals surface area contributed by atoms with Crippen LogP contribution in [0.25, 0.3) is 22.0 Å². The largest absolute Gasteiger partial charge is 0.386 e. The van der Waals surface area contributed by atoms with Gasteiger partial charge < -0.3 is 10.0 Å². The van der Waals surface area contributed by atoms with Crippen molar-refractivity contribution in [1.82, 2.24) is 19.7 Å². The number of nitrogens with zero attached hydrogens (tertiary/aromatic N) is 4. The van der Waals surface area contributed by atoms with Gasteiger partial charge in [0.1, 0.15) is 11.6 Å². The highest BCUT2D eigenvalue weighted by Gasteiger charge is 2.30. The maximum absolute atomic E-state index is 15.3. The molecule has 1 amide bonds. The summed E-state index contributed by atoms with van der Waals surface area (Å²) in [6, 6.07) is 9.47. The number of hydrogen-bond donors (Lipinski definition) is 1. The van der Waals surface area contributed by atoms with Crippen LogP contribution in [0.15, 0.2) is 48.8 Å². The molecule has 0 radical (unpaired) electrons. The summed E-state index contributed by atoms with van der Waals surface area (Å²) >= 11 is 0. The SMILES string of the molecule is CC(C)n1cc2c(-c3cc(F)c(CN4Cc5ncccc5C4=O)c(F)c3)ccc(C(C)(C)O)c2n1. The summed E-state index contributed by atoms with van der Waals surface area (Å²) in [5.74, 6) is -1.75. The standard InChI is InChI=1S/C27H26F2N4O2/c1-15(2)33-13-19-17(7-8-21(25(19)31-33)27(3,4)35)16-10-22(28)20(23(29)11-16)12-32-14-24-18(26(32)34)6-5-9-30-24/h5-11,13,15,35H,12,14H2,1-4H3. The fourth-order valence-corrected chi connectivity index (χ4v) is 4.54. The van der Waals surface area contributed by atoms with Crippen LogP contribution in [0.3, 0.4) is 0 Å². The predicted octanol–water partition coefficient (Wildman–Crippen LogP) is 5.34. The van der Waals surface area contributed by atoms with Gasteiger partial charge in [0.2, 0.25) is 0 Å². The van der Waals surface area contributed by atoms with Crippen molar-refractivity contribution in [2.24, 2.45) is 0 Å². The minimum Gasteiger partial charge on any atom is -0.386 e. The minimum atomic E-state index is -1.14. The number of hydrogen-bond acceptors (Lipinski definition) is 4. The average molecular weight is 477 g/mol. The summed E-state index contributed by atoms with van der Waals surface area (Å²) in [6.07, 6.45) is 3.43. The van der Waals surface area contributed by atoms with Crippen LogP contribution in [0.1, 0.15) is 60.9 Å². The summed E-state index contributed by atoms with van der Waals surface area (Å²) in [6.45, 7) is 7.34. The van der Waals surface area contributed by atoms with Crippen LogP contribution < -0.4 is 0 Å². The molecule has 0 saturated carbocycles. The van der Waals surface area contributed by atoms with Crippen LogP contribution in [0, 0.1) is 11.6 Å². The molecule has 8 heteroatoms. The molecule has 0 atom stereocenters. The Kier molecular flexibility index (Phi) is 5.44. The molecule has 0 unspecified atom stereocenters. The molecular weight excluding hydrogens is 450 g/mol. The van der Waals surface area contributed by atoms with Crippen molar-refractivity contribution in [3.8, 4) is 11.1 Å². The topological polar surface area (TPSA) is 71.2 Å². The first kappa shape index (κ1) is 23.1. The lowest BCUT2D eigenvalue weighted by molar-refractivity contribution is 0.0762. The number of pyridine rings is 1. The molecule has 1 N–H and O–H groups in total. The van der Waals surface area contributed by atoms with Crippen LogP contribution in [0.5, 0.6) is 0 Å². The maximum atomic E-state index is 15.3. The van der Waals surface area contributed by atoms with Gasteiger partial charge in [-0.3, -0.25) is 14.5 Å². The Balaban J connectivity index is 1.55. The van der Waals surface area contributed by atoms with Crippen molar-refractivity contribution in [3.63, 3.8) is 0 Å². The van der Waals surface area contributed by atoms with Gasteiger partial charge in [-0.05, 0) is 63.1 Å². The number of rotatable bonds is 5. The van der Waals surface area contributed by atoms with E-state index in [9.17, 15) is 9.90 Å². The van der Waals surface area contributed by atoms with Gasteiger partial charge in [0.15, 0.2) is 0 Å². The van der Waals surface area contributed by atoms with E-state index in [0.717, 1.165) is 0 Å².